The summed E-state index contributed by atoms with van der Waals surface area (Å²) in [7, 11) is 0. The second-order valence-electron chi connectivity index (χ2n) is 1.78. The maximum atomic E-state index is 10.4. The van der Waals surface area contributed by atoms with Crippen molar-refractivity contribution in [3.63, 3.8) is 0 Å². The second-order valence-corrected chi connectivity index (χ2v) is 1.78. The Balaban J connectivity index is 2.40. The minimum absolute atomic E-state index is 0.0393. The Labute approximate surface area is 47.7 Å². The highest BCUT2D eigenvalue weighted by Crippen LogP contribution is 2.00. The fraction of sp³-hybridized carbons (Fsp3) is 0.400. The summed E-state index contributed by atoms with van der Waals surface area (Å²) in [6.07, 6.45) is 1.32. The highest BCUT2D eigenvalue weighted by atomic mass is 16.2. The van der Waals surface area contributed by atoms with Crippen LogP contribution in [0.25, 0.3) is 0 Å². The molecule has 3 nitrogen and oxygen atoms in total. The van der Waals surface area contributed by atoms with Gasteiger partial charge in [-0.3, -0.25) is 10.2 Å². The first-order valence-corrected chi connectivity index (χ1v) is 2.51. The van der Waals surface area contributed by atoms with Gasteiger partial charge >= 0.3 is 0 Å². The summed E-state index contributed by atoms with van der Waals surface area (Å²) in [4.78, 5) is 10.4. The largest absolute Gasteiger partial charge is 0.303 e. The molecule has 1 aliphatic rings. The van der Waals surface area contributed by atoms with Crippen molar-refractivity contribution in [1.29, 1.82) is 0 Å². The molecule has 0 bridgehead atoms. The van der Waals surface area contributed by atoms with Crippen LogP contribution in [0.2, 0.25) is 0 Å². The summed E-state index contributed by atoms with van der Waals surface area (Å²) in [6, 6.07) is 0. The smallest absolute Gasteiger partial charge is 0.238 e. The first kappa shape index (κ1) is 5.15. The van der Waals surface area contributed by atoms with Crippen LogP contribution in [-0.4, -0.2) is 5.91 Å². The van der Waals surface area contributed by atoms with E-state index in [0.717, 1.165) is 12.1 Å². The molecule has 1 rings (SSSR count). The lowest BCUT2D eigenvalue weighted by Crippen LogP contribution is -2.40. The lowest BCUT2D eigenvalue weighted by molar-refractivity contribution is -0.122. The maximum Gasteiger partial charge on any atom is 0.238 e. The molecule has 0 aromatic heterocycles. The molecule has 0 atom stereocenters. The van der Waals surface area contributed by atoms with Gasteiger partial charge in [-0.2, -0.15) is 0 Å². The third-order valence-corrected chi connectivity index (χ3v) is 1.03. The molecule has 8 heavy (non-hydrogen) atoms. The monoisotopic (exact) mass is 112 g/mol. The van der Waals surface area contributed by atoms with E-state index in [9.17, 15) is 4.79 Å². The van der Waals surface area contributed by atoms with Crippen LogP contribution in [-0.2, 0) is 4.79 Å². The molecule has 0 aliphatic carbocycles. The molecule has 0 spiro atoms. The van der Waals surface area contributed by atoms with E-state index in [0.29, 0.717) is 6.42 Å². The first-order valence-electron chi connectivity index (χ1n) is 2.51. The molecule has 1 aliphatic heterocycles. The number of hydrazine groups is 1. The molecule has 3 heteroatoms. The topological polar surface area (TPSA) is 41.1 Å². The first-order chi connectivity index (χ1) is 3.79. The van der Waals surface area contributed by atoms with Gasteiger partial charge in [0.25, 0.3) is 0 Å². The molecule has 1 heterocycles. The average molecular weight is 112 g/mol. The van der Waals surface area contributed by atoms with Crippen molar-refractivity contribution in [2.24, 2.45) is 0 Å². The van der Waals surface area contributed by atoms with Crippen LogP contribution in [0.5, 0.6) is 0 Å². The third-order valence-electron chi connectivity index (χ3n) is 1.03. The Kier molecular flexibility index (Phi) is 1.20. The van der Waals surface area contributed by atoms with Gasteiger partial charge in [0.15, 0.2) is 0 Å². The van der Waals surface area contributed by atoms with Crippen LogP contribution >= 0.6 is 0 Å². The molecule has 1 amide bonds. The van der Waals surface area contributed by atoms with Gasteiger partial charge in [-0.15, -0.1) is 0 Å². The fourth-order valence-electron chi connectivity index (χ4n) is 0.548. The number of nitrogens with one attached hydrogen (secondary N) is 2. The Morgan fingerprint density at radius 2 is 2.12 bits per heavy atom. The van der Waals surface area contributed by atoms with E-state index < -0.39 is 0 Å². The molecule has 1 saturated heterocycles. The van der Waals surface area contributed by atoms with Gasteiger partial charge in [0, 0.05) is 12.1 Å². The van der Waals surface area contributed by atoms with Crippen molar-refractivity contribution in [1.82, 2.24) is 10.9 Å². The predicted molar refractivity (Wildman–Crippen MR) is 29.7 cm³/mol. The zero-order valence-electron chi connectivity index (χ0n) is 4.53. The van der Waals surface area contributed by atoms with Gasteiger partial charge in [-0.05, 0) is 6.42 Å². The van der Waals surface area contributed by atoms with Gasteiger partial charge in [0.05, 0.1) is 0 Å². The molecule has 0 unspecified atom stereocenters. The van der Waals surface area contributed by atoms with Gasteiger partial charge in [0.2, 0.25) is 5.91 Å². The molecule has 2 N–H and O–H groups in total. The van der Waals surface area contributed by atoms with E-state index in [1.807, 2.05) is 0 Å². The number of hydrogen-bond acceptors (Lipinski definition) is 2. The number of hydrogen-bond donors (Lipinski definition) is 2. The van der Waals surface area contributed by atoms with Crippen molar-refractivity contribution >= 4 is 5.91 Å². The van der Waals surface area contributed by atoms with E-state index in [2.05, 4.69) is 17.4 Å². The zero-order chi connectivity index (χ0) is 5.98. The molecule has 44 valence electrons. The SMILES string of the molecule is C=C1CCC(=O)NN1. The van der Waals surface area contributed by atoms with Crippen molar-refractivity contribution in [2.45, 2.75) is 12.8 Å². The Morgan fingerprint density at radius 3 is 2.50 bits per heavy atom. The lowest BCUT2D eigenvalue weighted by atomic mass is 10.2. The summed E-state index contributed by atoms with van der Waals surface area (Å²) < 4.78 is 0. The predicted octanol–water partition coefficient (Wildman–Crippen LogP) is -0.0853. The number of carbonyl (C=O) groups excluding carboxylic acids is 1. The molecular weight excluding hydrogens is 104 g/mol. The van der Waals surface area contributed by atoms with Gasteiger partial charge < -0.3 is 5.43 Å². The van der Waals surface area contributed by atoms with Gasteiger partial charge in [-0.25, -0.2) is 0 Å². The number of carbonyl (C=O) groups is 1. The average Bonchev–Trinajstić information content (AvgIpc) is 1.77. The number of amides is 1. The van der Waals surface area contributed by atoms with Crippen LogP contribution in [0, 0.1) is 0 Å². The Hall–Kier alpha value is -0.990. The zero-order valence-corrected chi connectivity index (χ0v) is 4.53. The summed E-state index contributed by atoms with van der Waals surface area (Å²) in [6.45, 7) is 3.62. The molecule has 0 radical (unpaired) electrons. The third kappa shape index (κ3) is 0.992. The normalized spacial score (nSPS) is 19.5. The van der Waals surface area contributed by atoms with Gasteiger partial charge in [-0.1, -0.05) is 6.58 Å². The molecule has 0 aromatic carbocycles. The summed E-state index contributed by atoms with van der Waals surface area (Å²) in [5.41, 5.74) is 5.96. The van der Waals surface area contributed by atoms with E-state index >= 15 is 0 Å². The maximum absolute atomic E-state index is 10.4. The summed E-state index contributed by atoms with van der Waals surface area (Å²) >= 11 is 0. The standard InChI is InChI=1S/C5H8N2O/c1-4-2-3-5(8)7-6-4/h6H,1-3H2,(H,7,8). The Morgan fingerprint density at radius 1 is 1.38 bits per heavy atom. The molecule has 0 saturated carbocycles. The van der Waals surface area contributed by atoms with Crippen molar-refractivity contribution < 1.29 is 4.79 Å². The minimum Gasteiger partial charge on any atom is -0.303 e. The van der Waals surface area contributed by atoms with Gasteiger partial charge in [0.1, 0.15) is 0 Å². The summed E-state index contributed by atoms with van der Waals surface area (Å²) in [5, 5.41) is 0. The van der Waals surface area contributed by atoms with E-state index in [-0.39, 0.29) is 5.91 Å². The quantitative estimate of drug-likeness (QED) is 0.460. The number of rotatable bonds is 0. The highest BCUT2D eigenvalue weighted by Gasteiger charge is 2.07. The van der Waals surface area contributed by atoms with Crippen molar-refractivity contribution in [3.05, 3.63) is 12.3 Å². The molecule has 0 aromatic rings. The molecule has 1 fully saturated rings. The van der Waals surface area contributed by atoms with E-state index in [4.69, 9.17) is 0 Å². The highest BCUT2D eigenvalue weighted by molar-refractivity contribution is 5.76. The van der Waals surface area contributed by atoms with Crippen LogP contribution in [0.3, 0.4) is 0 Å². The van der Waals surface area contributed by atoms with Crippen LogP contribution in [0.1, 0.15) is 12.8 Å². The van der Waals surface area contributed by atoms with Crippen molar-refractivity contribution in [3.8, 4) is 0 Å². The minimum atomic E-state index is 0.0393. The van der Waals surface area contributed by atoms with E-state index in [1.165, 1.54) is 0 Å². The van der Waals surface area contributed by atoms with Crippen LogP contribution < -0.4 is 10.9 Å². The van der Waals surface area contributed by atoms with Crippen molar-refractivity contribution in [2.75, 3.05) is 0 Å². The summed E-state index contributed by atoms with van der Waals surface area (Å²) in [5.74, 6) is 0.0393. The number of allylic oxidation sites excluding steroid dienone is 1. The fourth-order valence-corrected chi connectivity index (χ4v) is 0.548. The second kappa shape index (κ2) is 1.86. The van der Waals surface area contributed by atoms with Crippen LogP contribution in [0.15, 0.2) is 12.3 Å². The van der Waals surface area contributed by atoms with E-state index in [1.54, 1.807) is 0 Å². The lowest BCUT2D eigenvalue weighted by Gasteiger charge is -2.15. The van der Waals surface area contributed by atoms with Crippen LogP contribution in [0.4, 0.5) is 0 Å². The Bertz CT molecular complexity index is 102. The molecular formula is C5H8N2O.